The highest BCUT2D eigenvalue weighted by molar-refractivity contribution is 6.03. The number of H-pyrrole nitrogens is 1. The van der Waals surface area contributed by atoms with E-state index in [0.29, 0.717) is 12.1 Å². The van der Waals surface area contributed by atoms with Crippen molar-refractivity contribution in [3.8, 4) is 5.88 Å². The summed E-state index contributed by atoms with van der Waals surface area (Å²) in [4.78, 5) is 27.2. The second-order valence-corrected chi connectivity index (χ2v) is 7.08. The summed E-state index contributed by atoms with van der Waals surface area (Å²) in [6, 6.07) is 22.9. The molecule has 0 spiro atoms. The molecule has 0 saturated carbocycles. The summed E-state index contributed by atoms with van der Waals surface area (Å²) < 4.78 is 1.13. The van der Waals surface area contributed by atoms with E-state index in [4.69, 9.17) is 0 Å². The molecule has 4 rings (SSSR count). The number of benzene rings is 3. The molecule has 1 heterocycles. The first-order valence-corrected chi connectivity index (χ1v) is 9.99. The Kier molecular flexibility index (Phi) is 5.66. The smallest absolute Gasteiger partial charge is 0.331 e. The van der Waals surface area contributed by atoms with E-state index in [0.717, 1.165) is 26.6 Å². The number of nitrogens with zero attached hydrogens (tertiary/aromatic N) is 2. The number of hydrogen-bond donors (Lipinski definition) is 3. The van der Waals surface area contributed by atoms with E-state index >= 15 is 0 Å². The minimum atomic E-state index is -0.674. The summed E-state index contributed by atoms with van der Waals surface area (Å²) in [6.45, 7) is 1.96. The van der Waals surface area contributed by atoms with E-state index in [1.165, 1.54) is 0 Å². The van der Waals surface area contributed by atoms with E-state index in [9.17, 15) is 14.7 Å². The number of aromatic amines is 1. The molecule has 0 atom stereocenters. The number of aromatic nitrogens is 2. The second-order valence-electron chi connectivity index (χ2n) is 7.08. The Labute approximate surface area is 178 Å². The van der Waals surface area contributed by atoms with Gasteiger partial charge in [-0.1, -0.05) is 73.7 Å². The molecule has 0 bridgehead atoms. The van der Waals surface area contributed by atoms with Crippen molar-refractivity contribution in [2.45, 2.75) is 19.9 Å². The van der Waals surface area contributed by atoms with Crippen molar-refractivity contribution < 1.29 is 5.11 Å². The number of nitrogens with one attached hydrogen (secondary N) is 2. The Morgan fingerprint density at radius 1 is 1.00 bits per heavy atom. The predicted molar refractivity (Wildman–Crippen MR) is 123 cm³/mol. The molecule has 0 unspecified atom stereocenters. The lowest BCUT2D eigenvalue weighted by atomic mass is 10.1. The lowest BCUT2D eigenvalue weighted by Crippen LogP contribution is -2.34. The minimum absolute atomic E-state index is 0.0224. The highest BCUT2D eigenvalue weighted by atomic mass is 16.3. The number of anilines is 1. The normalized spacial score (nSPS) is 11.6. The summed E-state index contributed by atoms with van der Waals surface area (Å²) in [6.07, 6.45) is 0.373. The fraction of sp³-hybridized carbons (Fsp3) is 0.125. The molecule has 31 heavy (non-hydrogen) atoms. The van der Waals surface area contributed by atoms with Crippen LogP contribution >= 0.6 is 0 Å². The van der Waals surface area contributed by atoms with Crippen molar-refractivity contribution in [3.05, 3.63) is 105 Å². The van der Waals surface area contributed by atoms with Crippen molar-refractivity contribution in [2.75, 3.05) is 5.43 Å². The maximum absolute atomic E-state index is 12.6. The zero-order chi connectivity index (χ0) is 21.8. The zero-order valence-electron chi connectivity index (χ0n) is 17.0. The van der Waals surface area contributed by atoms with Gasteiger partial charge in [0.2, 0.25) is 5.88 Å². The molecule has 0 aliphatic carbocycles. The standard InChI is InChI=1S/C24H22N4O3/c1-2-19(26-27-20-14-8-12-17-11-6-7-13-18(17)20)21-22(29)25-24(31)28(23(21)30)15-16-9-4-3-5-10-16/h3-14,27,30H,2,15H2,1H3,(H,25,29,31). The van der Waals surface area contributed by atoms with Gasteiger partial charge < -0.3 is 5.11 Å². The minimum Gasteiger partial charge on any atom is -0.494 e. The number of hydrogen-bond acceptors (Lipinski definition) is 5. The van der Waals surface area contributed by atoms with Gasteiger partial charge in [-0.25, -0.2) is 4.79 Å². The van der Waals surface area contributed by atoms with E-state index in [2.05, 4.69) is 15.5 Å². The SMILES string of the molecule is CCC(=NNc1cccc2ccccc12)c1c(O)n(Cc2ccccc2)c(=O)[nH]c1=O. The quantitative estimate of drug-likeness (QED) is 0.331. The zero-order valence-corrected chi connectivity index (χ0v) is 17.0. The van der Waals surface area contributed by atoms with Crippen LogP contribution in [0.3, 0.4) is 0 Å². The van der Waals surface area contributed by atoms with Crippen LogP contribution in [-0.2, 0) is 6.54 Å². The molecule has 0 fully saturated rings. The molecular formula is C24H22N4O3. The van der Waals surface area contributed by atoms with Crippen LogP contribution in [0.5, 0.6) is 5.88 Å². The molecule has 7 heteroatoms. The highest BCUT2D eigenvalue weighted by Crippen LogP contribution is 2.23. The van der Waals surface area contributed by atoms with Crippen LogP contribution in [-0.4, -0.2) is 20.4 Å². The van der Waals surface area contributed by atoms with Gasteiger partial charge in [-0.2, -0.15) is 5.10 Å². The van der Waals surface area contributed by atoms with Gasteiger partial charge in [-0.3, -0.25) is 19.8 Å². The molecule has 7 nitrogen and oxygen atoms in total. The molecule has 0 amide bonds. The summed E-state index contributed by atoms with van der Waals surface area (Å²) in [5, 5.41) is 17.3. The summed E-state index contributed by atoms with van der Waals surface area (Å²) >= 11 is 0. The fourth-order valence-electron chi connectivity index (χ4n) is 3.49. The highest BCUT2D eigenvalue weighted by Gasteiger charge is 2.19. The van der Waals surface area contributed by atoms with Crippen LogP contribution < -0.4 is 16.7 Å². The first-order chi connectivity index (χ1) is 15.1. The van der Waals surface area contributed by atoms with Gasteiger partial charge in [-0.15, -0.1) is 0 Å². The Balaban J connectivity index is 1.75. The molecule has 0 saturated heterocycles. The molecule has 3 aromatic carbocycles. The maximum Gasteiger partial charge on any atom is 0.331 e. The van der Waals surface area contributed by atoms with Crippen LogP contribution in [0.25, 0.3) is 10.8 Å². The van der Waals surface area contributed by atoms with Gasteiger partial charge in [0.15, 0.2) is 0 Å². The fourth-order valence-corrected chi connectivity index (χ4v) is 3.49. The molecule has 3 N–H and O–H groups in total. The molecule has 156 valence electrons. The molecule has 0 radical (unpaired) electrons. The van der Waals surface area contributed by atoms with E-state index in [1.54, 1.807) is 0 Å². The number of rotatable bonds is 6. The average molecular weight is 414 g/mol. The first-order valence-electron chi connectivity index (χ1n) is 9.99. The number of aromatic hydroxyl groups is 1. The van der Waals surface area contributed by atoms with Gasteiger partial charge in [0.25, 0.3) is 5.56 Å². The number of fused-ring (bicyclic) bond motifs is 1. The summed E-state index contributed by atoms with van der Waals surface area (Å²) in [5.41, 5.74) is 3.58. The predicted octanol–water partition coefficient (Wildman–Crippen LogP) is 3.67. The van der Waals surface area contributed by atoms with Gasteiger partial charge in [0.1, 0.15) is 5.56 Å². The Morgan fingerprint density at radius 3 is 2.48 bits per heavy atom. The monoisotopic (exact) mass is 414 g/mol. The van der Waals surface area contributed by atoms with E-state index < -0.39 is 17.1 Å². The average Bonchev–Trinajstić information content (AvgIpc) is 2.79. The Hall–Kier alpha value is -4.13. The third kappa shape index (κ3) is 4.11. The van der Waals surface area contributed by atoms with Crippen molar-refractivity contribution >= 4 is 22.2 Å². The van der Waals surface area contributed by atoms with Gasteiger partial charge in [0.05, 0.1) is 17.9 Å². The molecule has 0 aliphatic rings. The molecular weight excluding hydrogens is 392 g/mol. The third-order valence-corrected chi connectivity index (χ3v) is 5.08. The van der Waals surface area contributed by atoms with Crippen LogP contribution in [0.2, 0.25) is 0 Å². The lowest BCUT2D eigenvalue weighted by Gasteiger charge is -2.13. The Morgan fingerprint density at radius 2 is 1.71 bits per heavy atom. The van der Waals surface area contributed by atoms with Gasteiger partial charge in [-0.05, 0) is 23.4 Å². The van der Waals surface area contributed by atoms with Gasteiger partial charge in [0, 0.05) is 5.39 Å². The van der Waals surface area contributed by atoms with E-state index in [-0.39, 0.29) is 12.1 Å². The Bertz CT molecular complexity index is 1370. The first kappa shape index (κ1) is 20.2. The third-order valence-electron chi connectivity index (χ3n) is 5.08. The van der Waals surface area contributed by atoms with Crippen LogP contribution in [0, 0.1) is 0 Å². The van der Waals surface area contributed by atoms with Crippen LogP contribution in [0.15, 0.2) is 87.5 Å². The lowest BCUT2D eigenvalue weighted by molar-refractivity contribution is 0.408. The molecule has 0 aliphatic heterocycles. The van der Waals surface area contributed by atoms with E-state index in [1.807, 2.05) is 79.7 Å². The maximum atomic E-state index is 12.6. The van der Waals surface area contributed by atoms with Crippen molar-refractivity contribution in [3.63, 3.8) is 0 Å². The molecule has 1 aromatic heterocycles. The largest absolute Gasteiger partial charge is 0.494 e. The van der Waals surface area contributed by atoms with Crippen molar-refractivity contribution in [2.24, 2.45) is 5.10 Å². The van der Waals surface area contributed by atoms with Crippen molar-refractivity contribution in [1.29, 1.82) is 0 Å². The second kappa shape index (κ2) is 8.71. The van der Waals surface area contributed by atoms with Crippen molar-refractivity contribution in [1.82, 2.24) is 9.55 Å². The summed E-state index contributed by atoms with van der Waals surface area (Å²) in [5.74, 6) is -0.405. The van der Waals surface area contributed by atoms with Gasteiger partial charge >= 0.3 is 5.69 Å². The number of hydrazone groups is 1. The topological polar surface area (TPSA) is 99.5 Å². The van der Waals surface area contributed by atoms with Crippen LogP contribution in [0.1, 0.15) is 24.5 Å². The molecule has 4 aromatic rings. The summed E-state index contributed by atoms with van der Waals surface area (Å²) in [7, 11) is 0. The van der Waals surface area contributed by atoms with Crippen LogP contribution in [0.4, 0.5) is 5.69 Å².